The Bertz CT molecular complexity index is 944. The average molecular weight is 445 g/mol. The highest BCUT2D eigenvalue weighted by molar-refractivity contribution is 7.91. The summed E-state index contributed by atoms with van der Waals surface area (Å²) in [4.78, 5) is 0.514. The molecule has 170 valence electrons. The van der Waals surface area contributed by atoms with Crippen molar-refractivity contribution < 1.29 is 17.9 Å². The Kier molecular flexibility index (Phi) is 13.7. The van der Waals surface area contributed by atoms with Gasteiger partial charge < -0.3 is 9.47 Å². The van der Waals surface area contributed by atoms with Gasteiger partial charge in [0.05, 0.1) is 16.9 Å². The van der Waals surface area contributed by atoms with E-state index in [1.165, 1.54) is 0 Å². The molecule has 4 nitrogen and oxygen atoms in total. The van der Waals surface area contributed by atoms with Crippen molar-refractivity contribution in [2.75, 3.05) is 7.11 Å². The number of methoxy groups -OCH3 is 1. The number of hydrogen-bond donors (Lipinski definition) is 0. The SMILES string of the molecule is CC.CC.CC.COc1ccc(Oc2ccc(S(=O)(=O)c3ccc(C)cc3)cc2)cc1. The standard InChI is InChI=1S/C20H18O4S.3C2H6/c1-15-3-11-19(12-4-15)25(21,22)20-13-9-18(10-14-20)24-17-7-5-16(23-2)6-8-17;3*1-2/h3-14H,1-2H3;3*1-2H3. The first kappa shape index (κ1) is 28.2. The molecule has 0 aromatic heterocycles. The van der Waals surface area contributed by atoms with E-state index in [1.807, 2.05) is 48.5 Å². The Morgan fingerprint density at radius 2 is 0.871 bits per heavy atom. The van der Waals surface area contributed by atoms with Crippen LogP contribution in [-0.2, 0) is 9.84 Å². The molecular formula is C26H36O4S. The van der Waals surface area contributed by atoms with Crippen LogP contribution in [0.4, 0.5) is 0 Å². The Morgan fingerprint density at radius 1 is 0.548 bits per heavy atom. The van der Waals surface area contributed by atoms with E-state index in [4.69, 9.17) is 9.47 Å². The summed E-state index contributed by atoms with van der Waals surface area (Å²) in [6.07, 6.45) is 0. The van der Waals surface area contributed by atoms with Crippen LogP contribution in [0.3, 0.4) is 0 Å². The molecule has 3 aromatic rings. The first-order valence-electron chi connectivity index (χ1n) is 10.7. The number of benzene rings is 3. The van der Waals surface area contributed by atoms with Crippen LogP contribution in [0.25, 0.3) is 0 Å². The van der Waals surface area contributed by atoms with Crippen molar-refractivity contribution in [1.82, 2.24) is 0 Å². The van der Waals surface area contributed by atoms with Gasteiger partial charge in [-0.1, -0.05) is 59.2 Å². The van der Waals surface area contributed by atoms with Gasteiger partial charge in [-0.2, -0.15) is 0 Å². The Labute approximate surface area is 188 Å². The van der Waals surface area contributed by atoms with Crippen LogP contribution in [0, 0.1) is 6.92 Å². The number of rotatable bonds is 5. The average Bonchev–Trinajstić information content (AvgIpc) is 2.84. The predicted molar refractivity (Wildman–Crippen MR) is 130 cm³/mol. The van der Waals surface area contributed by atoms with E-state index in [0.717, 1.165) is 11.3 Å². The molecule has 0 aliphatic heterocycles. The molecule has 0 amide bonds. The minimum absolute atomic E-state index is 0.235. The second-order valence-corrected chi connectivity index (χ2v) is 7.52. The molecule has 0 saturated heterocycles. The van der Waals surface area contributed by atoms with Gasteiger partial charge in [0.15, 0.2) is 0 Å². The van der Waals surface area contributed by atoms with Gasteiger partial charge in [-0.05, 0) is 67.6 Å². The Balaban J connectivity index is 0.00000138. The molecule has 0 N–H and O–H groups in total. The van der Waals surface area contributed by atoms with E-state index in [1.54, 1.807) is 79.9 Å². The molecule has 0 fully saturated rings. The van der Waals surface area contributed by atoms with Gasteiger partial charge in [-0.3, -0.25) is 0 Å². The lowest BCUT2D eigenvalue weighted by Crippen LogP contribution is -2.01. The second-order valence-electron chi connectivity index (χ2n) is 5.57. The van der Waals surface area contributed by atoms with Crippen molar-refractivity contribution in [2.45, 2.75) is 58.3 Å². The molecule has 0 spiro atoms. The largest absolute Gasteiger partial charge is 0.497 e. The fraction of sp³-hybridized carbons (Fsp3) is 0.308. The van der Waals surface area contributed by atoms with Gasteiger partial charge in [0.1, 0.15) is 17.2 Å². The fourth-order valence-electron chi connectivity index (χ4n) is 2.32. The van der Waals surface area contributed by atoms with Crippen molar-refractivity contribution in [2.24, 2.45) is 0 Å². The summed E-state index contributed by atoms with van der Waals surface area (Å²) in [7, 11) is -1.93. The van der Waals surface area contributed by atoms with Crippen molar-refractivity contribution in [3.05, 3.63) is 78.4 Å². The molecule has 3 rings (SSSR count). The summed E-state index contributed by atoms with van der Waals surface area (Å²) < 4.78 is 36.1. The normalized spacial score (nSPS) is 9.55. The number of sulfone groups is 1. The number of aryl methyl sites for hydroxylation is 1. The van der Waals surface area contributed by atoms with Gasteiger partial charge in [0.25, 0.3) is 0 Å². The smallest absolute Gasteiger partial charge is 0.206 e. The number of ether oxygens (including phenoxy) is 2. The molecule has 0 saturated carbocycles. The number of hydrogen-bond acceptors (Lipinski definition) is 4. The van der Waals surface area contributed by atoms with Crippen LogP contribution in [0.1, 0.15) is 47.1 Å². The van der Waals surface area contributed by atoms with Gasteiger partial charge in [0, 0.05) is 0 Å². The third-order valence-electron chi connectivity index (χ3n) is 3.76. The van der Waals surface area contributed by atoms with Gasteiger partial charge in [0.2, 0.25) is 9.84 Å². The molecule has 3 aromatic carbocycles. The first-order valence-corrected chi connectivity index (χ1v) is 12.2. The molecular weight excluding hydrogens is 408 g/mol. The molecule has 0 heterocycles. The van der Waals surface area contributed by atoms with Gasteiger partial charge in [-0.25, -0.2) is 8.42 Å². The van der Waals surface area contributed by atoms with Crippen LogP contribution < -0.4 is 9.47 Å². The van der Waals surface area contributed by atoms with Crippen LogP contribution >= 0.6 is 0 Å². The van der Waals surface area contributed by atoms with E-state index in [-0.39, 0.29) is 9.79 Å². The third-order valence-corrected chi connectivity index (χ3v) is 5.55. The van der Waals surface area contributed by atoms with E-state index < -0.39 is 9.84 Å². The first-order chi connectivity index (χ1) is 15.0. The van der Waals surface area contributed by atoms with E-state index in [0.29, 0.717) is 11.5 Å². The lowest BCUT2D eigenvalue weighted by atomic mass is 10.2. The zero-order valence-corrected chi connectivity index (χ0v) is 20.8. The van der Waals surface area contributed by atoms with Crippen LogP contribution in [-0.4, -0.2) is 15.5 Å². The van der Waals surface area contributed by atoms with Crippen molar-refractivity contribution >= 4 is 9.84 Å². The second kappa shape index (κ2) is 15.1. The zero-order chi connectivity index (χ0) is 23.9. The molecule has 0 aliphatic carbocycles. The molecule has 31 heavy (non-hydrogen) atoms. The molecule has 0 unspecified atom stereocenters. The van der Waals surface area contributed by atoms with Crippen LogP contribution in [0.5, 0.6) is 17.2 Å². The summed E-state index contributed by atoms with van der Waals surface area (Å²) in [5, 5.41) is 0. The van der Waals surface area contributed by atoms with Gasteiger partial charge >= 0.3 is 0 Å². The summed E-state index contributed by atoms with van der Waals surface area (Å²) in [5.74, 6) is 1.95. The molecule has 0 atom stereocenters. The molecule has 0 aliphatic rings. The van der Waals surface area contributed by atoms with Crippen molar-refractivity contribution in [3.8, 4) is 17.2 Å². The maximum absolute atomic E-state index is 12.6. The summed E-state index contributed by atoms with van der Waals surface area (Å²) in [6.45, 7) is 13.9. The molecule has 0 radical (unpaired) electrons. The topological polar surface area (TPSA) is 52.6 Å². The maximum atomic E-state index is 12.6. The third kappa shape index (κ3) is 8.46. The van der Waals surface area contributed by atoms with Gasteiger partial charge in [-0.15, -0.1) is 0 Å². The highest BCUT2D eigenvalue weighted by Gasteiger charge is 2.17. The Morgan fingerprint density at radius 3 is 1.26 bits per heavy atom. The minimum Gasteiger partial charge on any atom is -0.497 e. The highest BCUT2D eigenvalue weighted by Crippen LogP contribution is 2.27. The van der Waals surface area contributed by atoms with E-state index in [2.05, 4.69) is 0 Å². The Hall–Kier alpha value is -2.79. The van der Waals surface area contributed by atoms with E-state index >= 15 is 0 Å². The summed E-state index contributed by atoms with van der Waals surface area (Å²) >= 11 is 0. The summed E-state index contributed by atoms with van der Waals surface area (Å²) in [5.41, 5.74) is 1.02. The molecule has 0 bridgehead atoms. The maximum Gasteiger partial charge on any atom is 0.206 e. The lowest BCUT2D eigenvalue weighted by molar-refractivity contribution is 0.413. The van der Waals surface area contributed by atoms with Crippen LogP contribution in [0.15, 0.2) is 82.6 Å². The van der Waals surface area contributed by atoms with Crippen molar-refractivity contribution in [1.29, 1.82) is 0 Å². The fourth-order valence-corrected chi connectivity index (χ4v) is 3.58. The summed E-state index contributed by atoms with van der Waals surface area (Å²) in [6, 6.07) is 20.4. The lowest BCUT2D eigenvalue weighted by Gasteiger charge is -2.08. The molecule has 5 heteroatoms. The van der Waals surface area contributed by atoms with Crippen LogP contribution in [0.2, 0.25) is 0 Å². The minimum atomic E-state index is -3.53. The highest BCUT2D eigenvalue weighted by atomic mass is 32.2. The monoisotopic (exact) mass is 444 g/mol. The van der Waals surface area contributed by atoms with E-state index in [9.17, 15) is 8.42 Å². The van der Waals surface area contributed by atoms with Crippen molar-refractivity contribution in [3.63, 3.8) is 0 Å². The predicted octanol–water partition coefficient (Wildman–Crippen LogP) is 7.71. The quantitative estimate of drug-likeness (QED) is 0.404. The zero-order valence-electron chi connectivity index (χ0n) is 20.0.